The Morgan fingerprint density at radius 2 is 2.22 bits per heavy atom. The molecule has 0 aliphatic heterocycles. The van der Waals surface area contributed by atoms with E-state index < -0.39 is 0 Å². The average molecular weight is 256 g/mol. The monoisotopic (exact) mass is 256 g/mol. The van der Waals surface area contributed by atoms with E-state index in [9.17, 15) is 0 Å². The molecular formula is C15H16N2S. The van der Waals surface area contributed by atoms with E-state index in [1.165, 1.54) is 16.7 Å². The van der Waals surface area contributed by atoms with Gasteiger partial charge >= 0.3 is 0 Å². The van der Waals surface area contributed by atoms with E-state index >= 15 is 0 Å². The summed E-state index contributed by atoms with van der Waals surface area (Å²) in [4.78, 5) is 0. The number of rotatable bonds is 5. The van der Waals surface area contributed by atoms with Crippen molar-refractivity contribution in [1.29, 1.82) is 5.26 Å². The predicted molar refractivity (Wildman–Crippen MR) is 75.6 cm³/mol. The summed E-state index contributed by atoms with van der Waals surface area (Å²) in [6.45, 7) is 3.90. The van der Waals surface area contributed by atoms with E-state index in [-0.39, 0.29) is 0 Å². The number of hydrogen-bond donors (Lipinski definition) is 1. The highest BCUT2D eigenvalue weighted by Gasteiger charge is 2.00. The van der Waals surface area contributed by atoms with E-state index in [1.807, 2.05) is 18.2 Å². The summed E-state index contributed by atoms with van der Waals surface area (Å²) in [7, 11) is 0. The van der Waals surface area contributed by atoms with Gasteiger partial charge in [0.25, 0.3) is 0 Å². The lowest BCUT2D eigenvalue weighted by atomic mass is 10.1. The molecular weight excluding hydrogens is 240 g/mol. The van der Waals surface area contributed by atoms with Crippen LogP contribution in [0.5, 0.6) is 0 Å². The normalized spacial score (nSPS) is 10.2. The first-order valence-electron chi connectivity index (χ1n) is 6.01. The molecule has 0 aliphatic rings. The van der Waals surface area contributed by atoms with Gasteiger partial charge in [0, 0.05) is 6.54 Å². The Bertz CT molecular complexity index is 538. The Balaban J connectivity index is 1.82. The Kier molecular flexibility index (Phi) is 4.52. The average Bonchev–Trinajstić information content (AvgIpc) is 2.89. The fourth-order valence-corrected chi connectivity index (χ4v) is 2.56. The van der Waals surface area contributed by atoms with Crippen molar-refractivity contribution in [3.05, 3.63) is 57.3 Å². The molecule has 0 amide bonds. The molecule has 0 fully saturated rings. The van der Waals surface area contributed by atoms with Crippen LogP contribution in [0, 0.1) is 18.3 Å². The topological polar surface area (TPSA) is 35.8 Å². The Labute approximate surface area is 112 Å². The van der Waals surface area contributed by atoms with Crippen molar-refractivity contribution >= 4 is 11.3 Å². The highest BCUT2D eigenvalue weighted by Crippen LogP contribution is 2.10. The first kappa shape index (κ1) is 12.8. The SMILES string of the molecule is Cc1cc(C#N)ccc1CNCCc1ccsc1. The molecule has 0 bridgehead atoms. The molecule has 0 atom stereocenters. The lowest BCUT2D eigenvalue weighted by molar-refractivity contribution is 0.685. The van der Waals surface area contributed by atoms with Gasteiger partial charge in [0.2, 0.25) is 0 Å². The van der Waals surface area contributed by atoms with Gasteiger partial charge < -0.3 is 5.32 Å². The van der Waals surface area contributed by atoms with Crippen molar-refractivity contribution in [2.24, 2.45) is 0 Å². The molecule has 1 heterocycles. The minimum absolute atomic E-state index is 0.731. The molecule has 2 aromatic rings. The van der Waals surface area contributed by atoms with Gasteiger partial charge in [0.05, 0.1) is 11.6 Å². The second-order valence-electron chi connectivity index (χ2n) is 4.31. The maximum absolute atomic E-state index is 8.81. The minimum Gasteiger partial charge on any atom is -0.312 e. The zero-order chi connectivity index (χ0) is 12.8. The van der Waals surface area contributed by atoms with E-state index in [0.717, 1.165) is 25.1 Å². The molecule has 0 aliphatic carbocycles. The van der Waals surface area contributed by atoms with Crippen LogP contribution in [0.2, 0.25) is 0 Å². The number of aryl methyl sites for hydroxylation is 1. The quantitative estimate of drug-likeness (QED) is 0.833. The van der Waals surface area contributed by atoms with Crippen molar-refractivity contribution in [2.45, 2.75) is 19.9 Å². The van der Waals surface area contributed by atoms with E-state index in [0.29, 0.717) is 0 Å². The van der Waals surface area contributed by atoms with Crippen molar-refractivity contribution in [1.82, 2.24) is 5.32 Å². The van der Waals surface area contributed by atoms with Gasteiger partial charge in [0.15, 0.2) is 0 Å². The highest BCUT2D eigenvalue weighted by molar-refractivity contribution is 7.07. The second kappa shape index (κ2) is 6.34. The predicted octanol–water partition coefficient (Wildman–Crippen LogP) is 3.26. The van der Waals surface area contributed by atoms with Crippen LogP contribution in [0.4, 0.5) is 0 Å². The number of nitriles is 1. The Morgan fingerprint density at radius 1 is 1.33 bits per heavy atom. The third-order valence-electron chi connectivity index (χ3n) is 2.96. The van der Waals surface area contributed by atoms with Gasteiger partial charge in [-0.05, 0) is 65.5 Å². The molecule has 1 aromatic carbocycles. The summed E-state index contributed by atoms with van der Waals surface area (Å²) in [6.07, 6.45) is 1.07. The number of nitrogens with zero attached hydrogens (tertiary/aromatic N) is 1. The second-order valence-corrected chi connectivity index (χ2v) is 5.09. The largest absolute Gasteiger partial charge is 0.312 e. The summed E-state index contributed by atoms with van der Waals surface area (Å²) < 4.78 is 0. The zero-order valence-corrected chi connectivity index (χ0v) is 11.3. The number of benzene rings is 1. The molecule has 0 spiro atoms. The van der Waals surface area contributed by atoms with Gasteiger partial charge in [-0.3, -0.25) is 0 Å². The molecule has 18 heavy (non-hydrogen) atoms. The molecule has 1 N–H and O–H groups in total. The van der Waals surface area contributed by atoms with Crippen LogP contribution in [0.1, 0.15) is 22.3 Å². The highest BCUT2D eigenvalue weighted by atomic mass is 32.1. The molecule has 92 valence electrons. The lowest BCUT2D eigenvalue weighted by Gasteiger charge is -2.07. The van der Waals surface area contributed by atoms with Crippen molar-refractivity contribution < 1.29 is 0 Å². The van der Waals surface area contributed by atoms with Crippen LogP contribution in [0.3, 0.4) is 0 Å². The third kappa shape index (κ3) is 3.43. The van der Waals surface area contributed by atoms with E-state index in [4.69, 9.17) is 5.26 Å². The maximum atomic E-state index is 8.81. The molecule has 1 aromatic heterocycles. The molecule has 0 radical (unpaired) electrons. The summed E-state index contributed by atoms with van der Waals surface area (Å²) in [5.74, 6) is 0. The zero-order valence-electron chi connectivity index (χ0n) is 10.4. The van der Waals surface area contributed by atoms with Crippen LogP contribution in [0.25, 0.3) is 0 Å². The van der Waals surface area contributed by atoms with Crippen molar-refractivity contribution in [3.63, 3.8) is 0 Å². The lowest BCUT2D eigenvalue weighted by Crippen LogP contribution is -2.17. The smallest absolute Gasteiger partial charge is 0.0991 e. The van der Waals surface area contributed by atoms with Gasteiger partial charge in [-0.15, -0.1) is 0 Å². The maximum Gasteiger partial charge on any atom is 0.0991 e. The fourth-order valence-electron chi connectivity index (χ4n) is 1.85. The third-order valence-corrected chi connectivity index (χ3v) is 3.69. The molecule has 0 saturated heterocycles. The van der Waals surface area contributed by atoms with Gasteiger partial charge in [0.1, 0.15) is 0 Å². The first-order valence-corrected chi connectivity index (χ1v) is 6.95. The van der Waals surface area contributed by atoms with Crippen LogP contribution in [0.15, 0.2) is 35.0 Å². The van der Waals surface area contributed by atoms with Crippen LogP contribution in [-0.2, 0) is 13.0 Å². The van der Waals surface area contributed by atoms with E-state index in [2.05, 4.69) is 35.1 Å². The molecule has 0 saturated carbocycles. The van der Waals surface area contributed by atoms with Crippen LogP contribution in [-0.4, -0.2) is 6.54 Å². The van der Waals surface area contributed by atoms with Crippen molar-refractivity contribution in [3.8, 4) is 6.07 Å². The molecule has 2 nitrogen and oxygen atoms in total. The molecule has 3 heteroatoms. The Hall–Kier alpha value is -1.63. The summed E-state index contributed by atoms with van der Waals surface area (Å²) in [5.41, 5.74) is 4.56. The fraction of sp³-hybridized carbons (Fsp3) is 0.267. The standard InChI is InChI=1S/C15H16N2S/c1-12-8-14(9-16)2-3-15(12)10-17-6-4-13-5-7-18-11-13/h2-3,5,7-8,11,17H,4,6,10H2,1H3. The molecule has 2 rings (SSSR count). The molecule has 0 unspecified atom stereocenters. The number of nitrogens with one attached hydrogen (secondary N) is 1. The summed E-state index contributed by atoms with van der Waals surface area (Å²) in [5, 5.41) is 16.5. The summed E-state index contributed by atoms with van der Waals surface area (Å²) >= 11 is 1.74. The van der Waals surface area contributed by atoms with E-state index in [1.54, 1.807) is 11.3 Å². The van der Waals surface area contributed by atoms with Gasteiger partial charge in [-0.25, -0.2) is 0 Å². The minimum atomic E-state index is 0.731. The van der Waals surface area contributed by atoms with Crippen LogP contribution < -0.4 is 5.32 Å². The summed E-state index contributed by atoms with van der Waals surface area (Å²) in [6, 6.07) is 10.2. The first-order chi connectivity index (χ1) is 8.79. The van der Waals surface area contributed by atoms with Gasteiger partial charge in [-0.2, -0.15) is 16.6 Å². The number of hydrogen-bond acceptors (Lipinski definition) is 3. The number of thiophene rings is 1. The van der Waals surface area contributed by atoms with Gasteiger partial charge in [-0.1, -0.05) is 6.07 Å². The Morgan fingerprint density at radius 3 is 2.89 bits per heavy atom. The van der Waals surface area contributed by atoms with Crippen molar-refractivity contribution in [2.75, 3.05) is 6.54 Å². The van der Waals surface area contributed by atoms with Crippen LogP contribution >= 0.6 is 11.3 Å².